The predicted molar refractivity (Wildman–Crippen MR) is 146 cm³/mol. The summed E-state index contributed by atoms with van der Waals surface area (Å²) in [5.74, 6) is 1.20. The summed E-state index contributed by atoms with van der Waals surface area (Å²) in [5, 5.41) is 16.9. The van der Waals surface area contributed by atoms with Crippen LogP contribution in [0.2, 0.25) is 5.02 Å². The molecule has 1 saturated heterocycles. The third-order valence-electron chi connectivity index (χ3n) is 7.85. The number of H-pyrrole nitrogens is 1. The summed E-state index contributed by atoms with van der Waals surface area (Å²) in [7, 11) is 2.03. The minimum absolute atomic E-state index is 0.0678. The van der Waals surface area contributed by atoms with E-state index >= 15 is 4.39 Å². The van der Waals surface area contributed by atoms with Crippen molar-refractivity contribution in [1.82, 2.24) is 30.4 Å². The van der Waals surface area contributed by atoms with Gasteiger partial charge in [0.15, 0.2) is 11.6 Å². The predicted octanol–water partition coefficient (Wildman–Crippen LogP) is 5.93. The van der Waals surface area contributed by atoms with E-state index in [9.17, 15) is 0 Å². The van der Waals surface area contributed by atoms with Gasteiger partial charge in [0, 0.05) is 30.5 Å². The van der Waals surface area contributed by atoms with Crippen molar-refractivity contribution in [2.24, 2.45) is 0 Å². The number of hydrogen-bond donors (Lipinski definition) is 4. The Morgan fingerprint density at radius 1 is 1.19 bits per heavy atom. The van der Waals surface area contributed by atoms with Gasteiger partial charge in [-0.3, -0.25) is 5.10 Å². The van der Waals surface area contributed by atoms with E-state index in [0.29, 0.717) is 28.3 Å². The van der Waals surface area contributed by atoms with Crippen LogP contribution < -0.4 is 16.0 Å². The molecule has 37 heavy (non-hydrogen) atoms. The molecule has 0 unspecified atom stereocenters. The topological polar surface area (TPSA) is 93.8 Å². The van der Waals surface area contributed by atoms with Crippen molar-refractivity contribution < 1.29 is 4.39 Å². The summed E-state index contributed by atoms with van der Waals surface area (Å²) in [6, 6.07) is 5.33. The number of nitrogens with zero attached hydrogens (tertiary/aromatic N) is 4. The highest BCUT2D eigenvalue weighted by molar-refractivity contribution is 6.32. The Kier molecular flexibility index (Phi) is 7.09. The van der Waals surface area contributed by atoms with Crippen LogP contribution in [0.3, 0.4) is 0 Å². The van der Waals surface area contributed by atoms with E-state index in [4.69, 9.17) is 11.6 Å². The maximum absolute atomic E-state index is 15.3. The molecule has 1 aromatic carbocycles. The highest BCUT2D eigenvalue weighted by Crippen LogP contribution is 2.41. The molecule has 2 aromatic heterocycles. The number of aromatic amines is 1. The second-order valence-electron chi connectivity index (χ2n) is 10.2. The lowest BCUT2D eigenvalue weighted by Crippen LogP contribution is -2.55. The third kappa shape index (κ3) is 5.15. The molecule has 5 rings (SSSR count). The number of anilines is 4. The van der Waals surface area contributed by atoms with Gasteiger partial charge in [0.25, 0.3) is 0 Å². The lowest BCUT2D eigenvalue weighted by atomic mass is 9.73. The average molecular weight is 525 g/mol. The highest BCUT2D eigenvalue weighted by Gasteiger charge is 2.41. The monoisotopic (exact) mass is 524 g/mol. The first kappa shape index (κ1) is 25.5. The second kappa shape index (κ2) is 10.3. The maximum atomic E-state index is 15.3. The minimum Gasteiger partial charge on any atom is -0.374 e. The van der Waals surface area contributed by atoms with E-state index in [1.165, 1.54) is 18.3 Å². The molecule has 0 radical (unpaired) electrons. The summed E-state index contributed by atoms with van der Waals surface area (Å²) in [4.78, 5) is 11.1. The number of benzene rings is 1. The van der Waals surface area contributed by atoms with Crippen molar-refractivity contribution in [2.45, 2.75) is 57.4 Å². The molecule has 2 aliphatic rings. The summed E-state index contributed by atoms with van der Waals surface area (Å²) >= 11 is 6.25. The van der Waals surface area contributed by atoms with Crippen molar-refractivity contribution in [3.05, 3.63) is 64.3 Å². The van der Waals surface area contributed by atoms with Gasteiger partial charge >= 0.3 is 0 Å². The summed E-state index contributed by atoms with van der Waals surface area (Å²) < 4.78 is 15.3. The van der Waals surface area contributed by atoms with E-state index in [2.05, 4.69) is 47.6 Å². The Morgan fingerprint density at radius 2 is 1.95 bits per heavy atom. The third-order valence-corrected chi connectivity index (χ3v) is 8.13. The molecule has 8 nitrogen and oxygen atoms in total. The van der Waals surface area contributed by atoms with Crippen LogP contribution in [0.25, 0.3) is 0 Å². The lowest BCUT2D eigenvalue weighted by molar-refractivity contribution is 0.156. The zero-order valence-electron chi connectivity index (χ0n) is 21.6. The number of halogens is 2. The zero-order chi connectivity index (χ0) is 26.2. The van der Waals surface area contributed by atoms with E-state index in [-0.39, 0.29) is 17.3 Å². The number of likely N-dealkylation sites (tertiary alicyclic amines) is 1. The Morgan fingerprint density at radius 3 is 2.57 bits per heavy atom. The van der Waals surface area contributed by atoms with E-state index < -0.39 is 0 Å². The molecule has 10 heteroatoms. The van der Waals surface area contributed by atoms with Gasteiger partial charge in [-0.25, -0.2) is 9.37 Å². The van der Waals surface area contributed by atoms with Gasteiger partial charge in [-0.15, -0.1) is 0 Å². The molecule has 2 fully saturated rings. The van der Waals surface area contributed by atoms with Crippen LogP contribution in [0.1, 0.15) is 54.8 Å². The van der Waals surface area contributed by atoms with Gasteiger partial charge in [0.1, 0.15) is 10.8 Å². The lowest BCUT2D eigenvalue weighted by Gasteiger charge is -2.49. The van der Waals surface area contributed by atoms with Crippen molar-refractivity contribution in [2.75, 3.05) is 30.8 Å². The second-order valence-corrected chi connectivity index (χ2v) is 10.6. The van der Waals surface area contributed by atoms with Crippen LogP contribution in [-0.2, 0) is 0 Å². The molecule has 1 aliphatic heterocycles. The Hall–Kier alpha value is -3.17. The summed E-state index contributed by atoms with van der Waals surface area (Å²) in [5.41, 5.74) is 4.62. The number of hydrogen-bond acceptors (Lipinski definition) is 7. The van der Waals surface area contributed by atoms with Crippen LogP contribution in [0.5, 0.6) is 0 Å². The molecule has 3 heterocycles. The van der Waals surface area contributed by atoms with Gasteiger partial charge in [-0.1, -0.05) is 18.2 Å². The first-order chi connectivity index (χ1) is 17.8. The first-order valence-corrected chi connectivity index (χ1v) is 13.2. The van der Waals surface area contributed by atoms with Crippen LogP contribution in [0.15, 0.2) is 36.7 Å². The molecule has 1 aliphatic carbocycles. The average Bonchev–Trinajstić information content (AvgIpc) is 3.27. The van der Waals surface area contributed by atoms with Crippen molar-refractivity contribution in [3.8, 4) is 0 Å². The van der Waals surface area contributed by atoms with Crippen LogP contribution in [0, 0.1) is 19.7 Å². The normalized spacial score (nSPS) is 17.4. The van der Waals surface area contributed by atoms with Crippen LogP contribution in [-0.4, -0.2) is 50.7 Å². The fraction of sp³-hybridized carbons (Fsp3) is 0.444. The Bertz CT molecular complexity index is 1290. The van der Waals surface area contributed by atoms with Crippen LogP contribution in [0.4, 0.5) is 27.7 Å². The first-order valence-electron chi connectivity index (χ1n) is 12.8. The number of piperidine rings is 1. The van der Waals surface area contributed by atoms with Crippen molar-refractivity contribution >= 4 is 34.9 Å². The van der Waals surface area contributed by atoms with Gasteiger partial charge in [0.05, 0.1) is 17.4 Å². The zero-order valence-corrected chi connectivity index (χ0v) is 22.3. The van der Waals surface area contributed by atoms with Crippen LogP contribution >= 0.6 is 11.6 Å². The number of rotatable bonds is 8. The molecule has 0 spiro atoms. The Labute approximate surface area is 222 Å². The van der Waals surface area contributed by atoms with E-state index in [1.54, 1.807) is 6.07 Å². The van der Waals surface area contributed by atoms with Gasteiger partial charge < -0.3 is 20.9 Å². The fourth-order valence-electron chi connectivity index (χ4n) is 5.45. The SMILES string of the molecule is C=C(N1CCC(c2cc(F)c(Nc3ncc(Cl)c(Nc4cc(C)[nH]n4)n3)cc2C)CC1)C1(NC)CCC1. The number of aryl methyl sites for hydroxylation is 2. The van der Waals surface area contributed by atoms with Gasteiger partial charge in [-0.2, -0.15) is 10.1 Å². The maximum Gasteiger partial charge on any atom is 0.229 e. The molecule has 0 amide bonds. The van der Waals surface area contributed by atoms with E-state index in [1.807, 2.05) is 33.0 Å². The molecular formula is C27H34ClFN8. The standard InChI is InChI=1S/C27H34ClFN8/c1-16-12-23(32-26-31-15-21(28)25(34-26)33-24-13-17(2)35-36-24)22(29)14-20(16)19-6-10-37(11-7-19)18(3)27(30-4)8-5-9-27/h12-15,19,30H,3,5-11H2,1-2,4H3,(H3,31,32,33,34,35,36). The quantitative estimate of drug-likeness (QED) is 0.290. The molecule has 196 valence electrons. The fourth-order valence-corrected chi connectivity index (χ4v) is 5.59. The van der Waals surface area contributed by atoms with E-state index in [0.717, 1.165) is 55.6 Å². The van der Waals surface area contributed by atoms with Crippen molar-refractivity contribution in [3.63, 3.8) is 0 Å². The Balaban J connectivity index is 1.26. The number of likely N-dealkylation sites (N-methyl/N-ethyl adjacent to an activating group) is 1. The number of nitrogens with one attached hydrogen (secondary N) is 4. The summed E-state index contributed by atoms with van der Waals surface area (Å²) in [6.45, 7) is 10.2. The smallest absolute Gasteiger partial charge is 0.229 e. The summed E-state index contributed by atoms with van der Waals surface area (Å²) in [6.07, 6.45) is 6.98. The van der Waals surface area contributed by atoms with Gasteiger partial charge in [0.2, 0.25) is 5.95 Å². The minimum atomic E-state index is -0.327. The number of aromatic nitrogens is 4. The molecule has 0 atom stereocenters. The van der Waals surface area contributed by atoms with Gasteiger partial charge in [-0.05, 0) is 82.2 Å². The molecule has 1 saturated carbocycles. The molecule has 0 bridgehead atoms. The molecule has 3 aromatic rings. The molecule has 4 N–H and O–H groups in total. The molecular weight excluding hydrogens is 491 g/mol. The largest absolute Gasteiger partial charge is 0.374 e. The highest BCUT2D eigenvalue weighted by atomic mass is 35.5. The van der Waals surface area contributed by atoms with Crippen molar-refractivity contribution in [1.29, 1.82) is 0 Å².